The number of nitrogens with one attached hydrogen (secondary N) is 3. The Kier molecular flexibility index (Phi) is 5.17. The van der Waals surface area contributed by atoms with Crippen molar-refractivity contribution in [1.29, 1.82) is 0 Å². The summed E-state index contributed by atoms with van der Waals surface area (Å²) in [5.41, 5.74) is 1.26. The molecule has 1 aromatic carbocycles. The van der Waals surface area contributed by atoms with Crippen molar-refractivity contribution < 1.29 is 12.8 Å². The van der Waals surface area contributed by atoms with E-state index in [1.165, 1.54) is 7.05 Å². The molecule has 0 bridgehead atoms. The fourth-order valence-corrected chi connectivity index (χ4v) is 3.02. The van der Waals surface area contributed by atoms with Crippen LogP contribution in [0.15, 0.2) is 45.9 Å². The van der Waals surface area contributed by atoms with E-state index in [0.29, 0.717) is 22.9 Å². The number of anilines is 1. The summed E-state index contributed by atoms with van der Waals surface area (Å²) in [5, 5.41) is 6.32. The lowest BCUT2D eigenvalue weighted by Gasteiger charge is -2.12. The van der Waals surface area contributed by atoms with Gasteiger partial charge in [-0.3, -0.25) is 0 Å². The highest BCUT2D eigenvalue weighted by molar-refractivity contribution is 7.89. The van der Waals surface area contributed by atoms with Gasteiger partial charge >= 0.3 is 0 Å². The van der Waals surface area contributed by atoms with Gasteiger partial charge in [0.2, 0.25) is 10.0 Å². The molecule has 2 rings (SSSR count). The van der Waals surface area contributed by atoms with Gasteiger partial charge in [0.25, 0.3) is 0 Å². The number of aryl methyl sites for hydroxylation is 1. The predicted octanol–water partition coefficient (Wildman–Crippen LogP) is 1.98. The van der Waals surface area contributed by atoms with Gasteiger partial charge in [0, 0.05) is 5.69 Å². The van der Waals surface area contributed by atoms with Crippen LogP contribution < -0.4 is 15.4 Å². The van der Waals surface area contributed by atoms with E-state index in [1.807, 2.05) is 6.07 Å². The summed E-state index contributed by atoms with van der Waals surface area (Å²) in [6.07, 6.45) is 1.59. The van der Waals surface area contributed by atoms with Gasteiger partial charge in [-0.05, 0) is 56.0 Å². The summed E-state index contributed by atoms with van der Waals surface area (Å²) >= 11 is 5.18. The van der Waals surface area contributed by atoms with Crippen molar-refractivity contribution in [3.05, 3.63) is 47.9 Å². The van der Waals surface area contributed by atoms with Crippen LogP contribution in [0.1, 0.15) is 11.3 Å². The number of furan rings is 1. The van der Waals surface area contributed by atoms with E-state index in [2.05, 4.69) is 15.4 Å². The summed E-state index contributed by atoms with van der Waals surface area (Å²) in [6.45, 7) is 2.19. The molecule has 0 spiro atoms. The van der Waals surface area contributed by atoms with Crippen LogP contribution in [0.25, 0.3) is 0 Å². The van der Waals surface area contributed by atoms with E-state index >= 15 is 0 Å². The molecule has 3 N–H and O–H groups in total. The molecule has 22 heavy (non-hydrogen) atoms. The van der Waals surface area contributed by atoms with Crippen LogP contribution in [-0.4, -0.2) is 20.6 Å². The Morgan fingerprint density at radius 2 is 2.09 bits per heavy atom. The topological polar surface area (TPSA) is 83.4 Å². The van der Waals surface area contributed by atoms with E-state index in [-0.39, 0.29) is 4.90 Å². The predicted molar refractivity (Wildman–Crippen MR) is 89.2 cm³/mol. The zero-order chi connectivity index (χ0) is 16.2. The van der Waals surface area contributed by atoms with Gasteiger partial charge in [-0.15, -0.1) is 0 Å². The maximum Gasteiger partial charge on any atom is 0.240 e. The fraction of sp³-hybridized carbons (Fsp3) is 0.214. The molecule has 0 radical (unpaired) electrons. The third-order valence-corrected chi connectivity index (χ3v) is 4.81. The summed E-state index contributed by atoms with van der Waals surface area (Å²) in [6, 6.07) is 8.66. The fourth-order valence-electron chi connectivity index (χ4n) is 1.83. The maximum atomic E-state index is 11.9. The minimum absolute atomic E-state index is 0.217. The summed E-state index contributed by atoms with van der Waals surface area (Å²) < 4.78 is 31.4. The number of sulfonamides is 1. The number of thiocarbonyl (C=S) groups is 1. The zero-order valence-electron chi connectivity index (χ0n) is 12.2. The lowest BCUT2D eigenvalue weighted by atomic mass is 10.2. The van der Waals surface area contributed by atoms with E-state index < -0.39 is 10.0 Å². The molecule has 1 aromatic heterocycles. The molecule has 0 aliphatic heterocycles. The number of benzene rings is 1. The van der Waals surface area contributed by atoms with Crippen LogP contribution in [-0.2, 0) is 16.6 Å². The van der Waals surface area contributed by atoms with Crippen LogP contribution in [0.5, 0.6) is 0 Å². The lowest BCUT2D eigenvalue weighted by molar-refractivity contribution is 0.503. The summed E-state index contributed by atoms with van der Waals surface area (Å²) in [5.74, 6) is 0.756. The van der Waals surface area contributed by atoms with E-state index in [0.717, 1.165) is 5.76 Å². The van der Waals surface area contributed by atoms with Gasteiger partial charge in [0.15, 0.2) is 5.11 Å². The average molecular weight is 339 g/mol. The molecule has 1 heterocycles. The van der Waals surface area contributed by atoms with Crippen molar-refractivity contribution in [2.45, 2.75) is 18.4 Å². The molecule has 0 saturated carbocycles. The van der Waals surface area contributed by atoms with Crippen LogP contribution >= 0.6 is 12.2 Å². The Bertz CT molecular complexity index is 756. The monoisotopic (exact) mass is 339 g/mol. The third-order valence-electron chi connectivity index (χ3n) is 3.01. The molecule has 0 unspecified atom stereocenters. The van der Waals surface area contributed by atoms with Crippen LogP contribution in [0, 0.1) is 6.92 Å². The number of rotatable bonds is 5. The molecule has 0 aliphatic rings. The Morgan fingerprint density at radius 3 is 2.73 bits per heavy atom. The Balaban J connectivity index is 2.06. The molecule has 6 nitrogen and oxygen atoms in total. The smallest absolute Gasteiger partial charge is 0.240 e. The highest BCUT2D eigenvalue weighted by atomic mass is 32.2. The van der Waals surface area contributed by atoms with Crippen LogP contribution in [0.4, 0.5) is 5.69 Å². The van der Waals surface area contributed by atoms with E-state index in [1.54, 1.807) is 37.5 Å². The molecule has 0 atom stereocenters. The van der Waals surface area contributed by atoms with Gasteiger partial charge in [-0.1, -0.05) is 6.07 Å². The van der Waals surface area contributed by atoms with Crippen molar-refractivity contribution in [1.82, 2.24) is 10.0 Å². The minimum Gasteiger partial charge on any atom is -0.467 e. The lowest BCUT2D eigenvalue weighted by Crippen LogP contribution is -2.28. The molecule has 118 valence electrons. The van der Waals surface area contributed by atoms with Gasteiger partial charge < -0.3 is 15.1 Å². The molecule has 0 amide bonds. The molecule has 0 fully saturated rings. The van der Waals surface area contributed by atoms with E-state index in [4.69, 9.17) is 16.6 Å². The van der Waals surface area contributed by atoms with Gasteiger partial charge in [-0.25, -0.2) is 13.1 Å². The maximum absolute atomic E-state index is 11.9. The number of hydrogen-bond donors (Lipinski definition) is 3. The van der Waals surface area contributed by atoms with E-state index in [9.17, 15) is 8.42 Å². The first-order valence-electron chi connectivity index (χ1n) is 6.54. The van der Waals surface area contributed by atoms with Crippen LogP contribution in [0.3, 0.4) is 0 Å². The second kappa shape index (κ2) is 6.91. The first-order chi connectivity index (χ1) is 10.4. The summed E-state index contributed by atoms with van der Waals surface area (Å²) in [4.78, 5) is 0.217. The molecular weight excluding hydrogens is 322 g/mol. The Morgan fingerprint density at radius 1 is 1.32 bits per heavy atom. The van der Waals surface area contributed by atoms with Crippen molar-refractivity contribution in [2.24, 2.45) is 0 Å². The van der Waals surface area contributed by atoms with Crippen molar-refractivity contribution in [3.63, 3.8) is 0 Å². The summed E-state index contributed by atoms with van der Waals surface area (Å²) in [7, 11) is -2.12. The standard InChI is InChI=1S/C14H17N3O3S2/c1-10-5-6-11(8-13(10)22(18,19)15-2)17-14(21)16-9-12-4-3-7-20-12/h3-8,15H,9H2,1-2H3,(H2,16,17,21). The molecular formula is C14H17N3O3S2. The third kappa shape index (κ3) is 4.06. The van der Waals surface area contributed by atoms with Gasteiger partial charge in [0.1, 0.15) is 5.76 Å². The van der Waals surface area contributed by atoms with Crippen LogP contribution in [0.2, 0.25) is 0 Å². The van der Waals surface area contributed by atoms with Crippen molar-refractivity contribution in [2.75, 3.05) is 12.4 Å². The second-order valence-electron chi connectivity index (χ2n) is 4.57. The highest BCUT2D eigenvalue weighted by Crippen LogP contribution is 2.19. The van der Waals surface area contributed by atoms with Crippen molar-refractivity contribution >= 4 is 33.0 Å². The average Bonchev–Trinajstić information content (AvgIpc) is 3.00. The Labute approximate surface area is 135 Å². The molecule has 0 aliphatic carbocycles. The first-order valence-corrected chi connectivity index (χ1v) is 8.43. The molecule has 0 saturated heterocycles. The highest BCUT2D eigenvalue weighted by Gasteiger charge is 2.15. The quantitative estimate of drug-likeness (QED) is 0.723. The first kappa shape index (κ1) is 16.5. The minimum atomic E-state index is -3.50. The van der Waals surface area contributed by atoms with Gasteiger partial charge in [0.05, 0.1) is 17.7 Å². The molecule has 2 aromatic rings. The number of hydrogen-bond acceptors (Lipinski definition) is 4. The largest absolute Gasteiger partial charge is 0.467 e. The second-order valence-corrected chi connectivity index (χ2v) is 6.84. The normalized spacial score (nSPS) is 11.2. The SMILES string of the molecule is CNS(=O)(=O)c1cc(NC(=S)NCc2ccco2)ccc1C. The zero-order valence-corrected chi connectivity index (χ0v) is 13.8. The van der Waals surface area contributed by atoms with Gasteiger partial charge in [-0.2, -0.15) is 0 Å². The van der Waals surface area contributed by atoms with Crippen molar-refractivity contribution in [3.8, 4) is 0 Å². The Hall–Kier alpha value is -1.90. The molecule has 8 heteroatoms.